The van der Waals surface area contributed by atoms with E-state index in [2.05, 4.69) is 27.2 Å². The Balaban J connectivity index is 1.49. The molecule has 0 unspecified atom stereocenters. The fraction of sp³-hybridized carbons (Fsp3) is 0.444. The molecule has 0 aromatic carbocycles. The topological polar surface area (TPSA) is 79.6 Å². The first kappa shape index (κ1) is 18.1. The van der Waals surface area contributed by atoms with Gasteiger partial charge in [-0.1, -0.05) is 24.3 Å². The van der Waals surface area contributed by atoms with E-state index in [1.54, 1.807) is 11.3 Å². The minimum atomic E-state index is -0.415. The summed E-state index contributed by atoms with van der Waals surface area (Å²) in [5, 5.41) is 10.0. The highest BCUT2D eigenvalue weighted by Crippen LogP contribution is 2.26. The Labute approximate surface area is 164 Å². The van der Waals surface area contributed by atoms with Gasteiger partial charge in [-0.05, 0) is 36.6 Å². The number of nitrogens with zero attached hydrogens (tertiary/aromatic N) is 4. The number of thiophene rings is 1. The van der Waals surface area contributed by atoms with Crippen LogP contribution in [-0.2, 0) is 6.42 Å². The van der Waals surface area contributed by atoms with Crippen molar-refractivity contribution < 1.29 is 4.79 Å². The number of carbonyl (C=O) groups excluding carboxylic acids is 1. The molecule has 0 spiro atoms. The van der Waals surface area contributed by atoms with Gasteiger partial charge in [0, 0.05) is 30.7 Å². The average molecular weight is 404 g/mol. The summed E-state index contributed by atoms with van der Waals surface area (Å²) in [5.74, 6) is 0.320. The molecular weight excluding hydrogens is 382 g/mol. The van der Waals surface area contributed by atoms with Gasteiger partial charge in [-0.15, -0.1) is 16.4 Å². The van der Waals surface area contributed by atoms with Crippen LogP contribution in [-0.4, -0.2) is 40.1 Å². The number of hydrogen-bond donors (Lipinski definition) is 1. The largest absolute Gasteiger partial charge is 0.351 e. The molecule has 0 aliphatic carbocycles. The molecule has 3 aromatic heterocycles. The fourth-order valence-electron chi connectivity index (χ4n) is 3.11. The van der Waals surface area contributed by atoms with Gasteiger partial charge in [-0.25, -0.2) is 4.98 Å². The first-order valence-corrected chi connectivity index (χ1v) is 10.8. The number of piperidine rings is 1. The van der Waals surface area contributed by atoms with E-state index < -0.39 is 11.5 Å². The number of anilines is 1. The molecule has 4 heterocycles. The summed E-state index contributed by atoms with van der Waals surface area (Å²) in [7, 11) is 0. The third kappa shape index (κ3) is 3.89. The number of carbonyl (C=O) groups is 1. The van der Waals surface area contributed by atoms with Crippen molar-refractivity contribution in [2.45, 2.75) is 26.2 Å². The summed E-state index contributed by atoms with van der Waals surface area (Å²) >= 11 is 3.04. The van der Waals surface area contributed by atoms with Gasteiger partial charge in [0.25, 0.3) is 11.5 Å². The first-order valence-electron chi connectivity index (χ1n) is 9.06. The van der Waals surface area contributed by atoms with E-state index in [4.69, 9.17) is 0 Å². The fourth-order valence-corrected chi connectivity index (χ4v) is 4.73. The van der Waals surface area contributed by atoms with Crippen LogP contribution in [0.3, 0.4) is 0 Å². The molecule has 0 bridgehead atoms. The van der Waals surface area contributed by atoms with Crippen LogP contribution in [0.25, 0.3) is 4.96 Å². The highest BCUT2D eigenvalue weighted by atomic mass is 32.1. The molecule has 0 radical (unpaired) electrons. The van der Waals surface area contributed by atoms with E-state index in [0.29, 0.717) is 11.5 Å². The van der Waals surface area contributed by atoms with Crippen molar-refractivity contribution >= 4 is 38.7 Å². The van der Waals surface area contributed by atoms with Crippen molar-refractivity contribution in [2.75, 3.05) is 24.5 Å². The summed E-state index contributed by atoms with van der Waals surface area (Å²) in [4.78, 5) is 33.3. The summed E-state index contributed by atoms with van der Waals surface area (Å²) in [6, 6.07) is 4.01. The van der Waals surface area contributed by atoms with Crippen molar-refractivity contribution in [3.63, 3.8) is 0 Å². The summed E-state index contributed by atoms with van der Waals surface area (Å²) in [6.07, 6.45) is 4.35. The Morgan fingerprint density at radius 2 is 2.19 bits per heavy atom. The predicted molar refractivity (Wildman–Crippen MR) is 108 cm³/mol. The molecule has 27 heavy (non-hydrogen) atoms. The molecular formula is C18H21N5O2S2. The Morgan fingerprint density at radius 3 is 2.93 bits per heavy atom. The SMILES string of the molecule is CC1CCN(c2nn3c(=O)c(C(=O)NCCc4cccs4)cnc3s2)CC1. The van der Waals surface area contributed by atoms with Gasteiger partial charge < -0.3 is 10.2 Å². The van der Waals surface area contributed by atoms with Gasteiger partial charge in [-0.2, -0.15) is 4.52 Å². The number of hydrogen-bond acceptors (Lipinski definition) is 7. The predicted octanol–water partition coefficient (Wildman–Crippen LogP) is 2.42. The molecule has 1 aliphatic heterocycles. The smallest absolute Gasteiger partial charge is 0.288 e. The van der Waals surface area contributed by atoms with Crippen molar-refractivity contribution in [2.24, 2.45) is 5.92 Å². The van der Waals surface area contributed by atoms with Gasteiger partial charge in [0.05, 0.1) is 0 Å². The minimum absolute atomic E-state index is 0.0304. The number of nitrogens with one attached hydrogen (secondary N) is 1. The molecule has 9 heteroatoms. The molecule has 7 nitrogen and oxygen atoms in total. The summed E-state index contributed by atoms with van der Waals surface area (Å²) in [5.41, 5.74) is -0.385. The Morgan fingerprint density at radius 1 is 1.37 bits per heavy atom. The molecule has 1 amide bonds. The Kier molecular flexibility index (Phi) is 5.22. The lowest BCUT2D eigenvalue weighted by molar-refractivity contribution is 0.0952. The standard InChI is InChI=1S/C18H21N5O2S2/c1-12-5-8-22(9-6-12)18-21-23-16(25)14(11-20-17(23)27-18)15(24)19-7-4-13-3-2-10-26-13/h2-3,10-12H,4-9H2,1H3,(H,19,24). The van der Waals surface area contributed by atoms with Crippen LogP contribution in [0.4, 0.5) is 5.13 Å². The van der Waals surface area contributed by atoms with E-state index in [0.717, 1.165) is 43.4 Å². The number of fused-ring (bicyclic) bond motifs is 1. The Hall–Kier alpha value is -2.26. The average Bonchev–Trinajstić information content (AvgIpc) is 3.32. The zero-order chi connectivity index (χ0) is 18.8. The zero-order valence-corrected chi connectivity index (χ0v) is 16.7. The normalized spacial score (nSPS) is 15.4. The van der Waals surface area contributed by atoms with Gasteiger partial charge in [0.1, 0.15) is 5.56 Å². The van der Waals surface area contributed by atoms with Crippen LogP contribution < -0.4 is 15.8 Å². The highest BCUT2D eigenvalue weighted by Gasteiger charge is 2.21. The molecule has 1 fully saturated rings. The van der Waals surface area contributed by atoms with E-state index in [-0.39, 0.29) is 5.56 Å². The second-order valence-electron chi connectivity index (χ2n) is 6.81. The number of aromatic nitrogens is 3. The lowest BCUT2D eigenvalue weighted by Crippen LogP contribution is -2.34. The van der Waals surface area contributed by atoms with E-state index in [1.807, 2.05) is 17.5 Å². The molecule has 1 saturated heterocycles. The second kappa shape index (κ2) is 7.77. The molecule has 142 valence electrons. The van der Waals surface area contributed by atoms with Gasteiger partial charge in [-0.3, -0.25) is 9.59 Å². The van der Waals surface area contributed by atoms with Crippen LogP contribution >= 0.6 is 22.7 Å². The lowest BCUT2D eigenvalue weighted by atomic mass is 10.00. The van der Waals surface area contributed by atoms with E-state index in [1.165, 1.54) is 26.9 Å². The first-order chi connectivity index (χ1) is 13.1. The molecule has 0 saturated carbocycles. The molecule has 3 aromatic rings. The quantitative estimate of drug-likeness (QED) is 0.708. The summed E-state index contributed by atoms with van der Waals surface area (Å²) < 4.78 is 1.26. The van der Waals surface area contributed by atoms with E-state index >= 15 is 0 Å². The van der Waals surface area contributed by atoms with Gasteiger partial charge >= 0.3 is 0 Å². The lowest BCUT2D eigenvalue weighted by Gasteiger charge is -2.29. The van der Waals surface area contributed by atoms with E-state index in [9.17, 15) is 9.59 Å². The maximum absolute atomic E-state index is 12.7. The van der Waals surface area contributed by atoms with Crippen molar-refractivity contribution in [3.8, 4) is 0 Å². The van der Waals surface area contributed by atoms with Crippen LogP contribution in [0.1, 0.15) is 35.0 Å². The van der Waals surface area contributed by atoms with Crippen molar-refractivity contribution in [1.82, 2.24) is 19.9 Å². The van der Waals surface area contributed by atoms with Crippen LogP contribution in [0, 0.1) is 5.92 Å². The minimum Gasteiger partial charge on any atom is -0.351 e. The van der Waals surface area contributed by atoms with Crippen LogP contribution in [0.5, 0.6) is 0 Å². The highest BCUT2D eigenvalue weighted by molar-refractivity contribution is 7.20. The maximum atomic E-state index is 12.7. The third-order valence-corrected chi connectivity index (χ3v) is 6.73. The monoisotopic (exact) mass is 403 g/mol. The van der Waals surface area contributed by atoms with Crippen molar-refractivity contribution in [1.29, 1.82) is 0 Å². The van der Waals surface area contributed by atoms with Crippen LogP contribution in [0.2, 0.25) is 0 Å². The zero-order valence-electron chi connectivity index (χ0n) is 15.1. The Bertz CT molecular complexity index is 987. The molecule has 4 rings (SSSR count). The molecule has 0 atom stereocenters. The number of rotatable bonds is 5. The van der Waals surface area contributed by atoms with Crippen molar-refractivity contribution in [3.05, 3.63) is 44.5 Å². The maximum Gasteiger partial charge on any atom is 0.288 e. The summed E-state index contributed by atoms with van der Waals surface area (Å²) in [6.45, 7) is 4.61. The second-order valence-corrected chi connectivity index (χ2v) is 8.78. The van der Waals surface area contributed by atoms with Gasteiger partial charge in [0.2, 0.25) is 10.1 Å². The third-order valence-electron chi connectivity index (χ3n) is 4.81. The molecule has 1 N–H and O–H groups in total. The van der Waals surface area contributed by atoms with Crippen LogP contribution in [0.15, 0.2) is 28.5 Å². The molecule has 1 aliphatic rings. The number of amides is 1. The van der Waals surface area contributed by atoms with Gasteiger partial charge in [0.15, 0.2) is 0 Å².